The molecule has 0 fully saturated rings. The smallest absolute Gasteiger partial charge is 0.293 e. The molecule has 0 spiro atoms. The maximum Gasteiger partial charge on any atom is 0.293 e. The van der Waals surface area contributed by atoms with Crippen LogP contribution >= 0.6 is 11.3 Å². The third kappa shape index (κ3) is 3.28. The number of nitrogens with one attached hydrogen (secondary N) is 1. The van der Waals surface area contributed by atoms with Crippen molar-refractivity contribution < 1.29 is 13.2 Å². The van der Waals surface area contributed by atoms with Crippen LogP contribution in [0.1, 0.15) is 6.92 Å². The summed E-state index contributed by atoms with van der Waals surface area (Å²) in [5.41, 5.74) is 6.55. The second-order valence-electron chi connectivity index (χ2n) is 4.12. The Morgan fingerprint density at radius 2 is 1.90 bits per heavy atom. The predicted molar refractivity (Wildman–Crippen MR) is 80.7 cm³/mol. The van der Waals surface area contributed by atoms with E-state index in [4.69, 9.17) is 5.73 Å². The van der Waals surface area contributed by atoms with E-state index in [2.05, 4.69) is 15.5 Å². The highest BCUT2D eigenvalue weighted by Gasteiger charge is 2.26. The van der Waals surface area contributed by atoms with Crippen molar-refractivity contribution in [1.29, 1.82) is 0 Å². The van der Waals surface area contributed by atoms with Crippen LogP contribution in [0.5, 0.6) is 0 Å². The highest BCUT2D eigenvalue weighted by Crippen LogP contribution is 2.26. The molecule has 1 amide bonds. The molecule has 10 heteroatoms. The van der Waals surface area contributed by atoms with E-state index in [9.17, 15) is 13.2 Å². The van der Waals surface area contributed by atoms with E-state index >= 15 is 0 Å². The second-order valence-corrected chi connectivity index (χ2v) is 7.24. The molecular formula is C11H13N5O3S2. The van der Waals surface area contributed by atoms with Gasteiger partial charge < -0.3 is 11.1 Å². The number of sulfonamides is 1. The summed E-state index contributed by atoms with van der Waals surface area (Å²) < 4.78 is 25.7. The Morgan fingerprint density at radius 1 is 1.29 bits per heavy atom. The Morgan fingerprint density at radius 3 is 2.48 bits per heavy atom. The van der Waals surface area contributed by atoms with Gasteiger partial charge in [-0.2, -0.15) is 8.42 Å². The van der Waals surface area contributed by atoms with E-state index in [0.717, 1.165) is 15.6 Å². The van der Waals surface area contributed by atoms with Gasteiger partial charge in [-0.3, -0.25) is 9.10 Å². The standard InChI is InChI=1S/C11H13N5O3S2/c1-7(17)13-10-14-15-11(20-10)21(18,19)16(2)9-5-3-8(12)4-6-9/h3-6H,12H2,1-2H3,(H,13,14,17). The predicted octanol–water partition coefficient (Wildman–Crippen LogP) is 0.904. The lowest BCUT2D eigenvalue weighted by Gasteiger charge is -2.17. The highest BCUT2D eigenvalue weighted by atomic mass is 32.2. The van der Waals surface area contributed by atoms with Gasteiger partial charge in [0.2, 0.25) is 11.0 Å². The zero-order chi connectivity index (χ0) is 15.6. The van der Waals surface area contributed by atoms with Crippen LogP contribution in [0.25, 0.3) is 0 Å². The van der Waals surface area contributed by atoms with Crippen LogP contribution in [0.15, 0.2) is 28.6 Å². The number of aromatic nitrogens is 2. The topological polar surface area (TPSA) is 118 Å². The highest BCUT2D eigenvalue weighted by molar-refractivity contribution is 7.94. The van der Waals surface area contributed by atoms with Crippen LogP contribution < -0.4 is 15.4 Å². The van der Waals surface area contributed by atoms with Crippen LogP contribution in [0.2, 0.25) is 0 Å². The molecule has 0 aliphatic rings. The summed E-state index contributed by atoms with van der Waals surface area (Å²) in [6.45, 7) is 1.30. The average Bonchev–Trinajstić information content (AvgIpc) is 2.87. The Balaban J connectivity index is 2.30. The fraction of sp³-hybridized carbons (Fsp3) is 0.182. The minimum Gasteiger partial charge on any atom is -0.399 e. The molecule has 3 N–H and O–H groups in total. The molecule has 0 atom stereocenters. The number of carbonyl (C=O) groups excluding carboxylic acids is 1. The lowest BCUT2D eigenvalue weighted by molar-refractivity contribution is -0.114. The molecular weight excluding hydrogens is 314 g/mol. The molecule has 0 aliphatic heterocycles. The van der Waals surface area contributed by atoms with Gasteiger partial charge in [0.05, 0.1) is 5.69 Å². The van der Waals surface area contributed by atoms with Crippen molar-refractivity contribution in [3.05, 3.63) is 24.3 Å². The molecule has 0 unspecified atom stereocenters. The first-order valence-electron chi connectivity index (χ1n) is 5.76. The third-order valence-electron chi connectivity index (χ3n) is 2.53. The molecule has 0 radical (unpaired) electrons. The molecule has 1 heterocycles. The SMILES string of the molecule is CC(=O)Nc1nnc(S(=O)(=O)N(C)c2ccc(N)cc2)s1. The van der Waals surface area contributed by atoms with Crippen molar-refractivity contribution in [2.45, 2.75) is 11.3 Å². The normalized spacial score (nSPS) is 11.1. The van der Waals surface area contributed by atoms with Crippen molar-refractivity contribution in [2.75, 3.05) is 22.4 Å². The number of amides is 1. The van der Waals surface area contributed by atoms with Crippen molar-refractivity contribution in [3.8, 4) is 0 Å². The van der Waals surface area contributed by atoms with Gasteiger partial charge in [-0.25, -0.2) is 0 Å². The maximum atomic E-state index is 12.4. The first-order chi connectivity index (χ1) is 9.80. The van der Waals surface area contributed by atoms with Crippen molar-refractivity contribution in [3.63, 3.8) is 0 Å². The maximum absolute atomic E-state index is 12.4. The quantitative estimate of drug-likeness (QED) is 0.636. The molecule has 0 bridgehead atoms. The van der Waals surface area contributed by atoms with E-state index in [1.54, 1.807) is 24.3 Å². The van der Waals surface area contributed by atoms with Crippen molar-refractivity contribution in [2.24, 2.45) is 0 Å². The van der Waals surface area contributed by atoms with Crippen LogP contribution in [0.4, 0.5) is 16.5 Å². The number of nitrogen functional groups attached to an aromatic ring is 1. The van der Waals surface area contributed by atoms with Gasteiger partial charge in [0.1, 0.15) is 0 Å². The molecule has 0 saturated heterocycles. The molecule has 2 aromatic rings. The van der Waals surface area contributed by atoms with E-state index in [1.165, 1.54) is 14.0 Å². The molecule has 21 heavy (non-hydrogen) atoms. The summed E-state index contributed by atoms with van der Waals surface area (Å²) in [5, 5.41) is 9.75. The molecule has 1 aromatic heterocycles. The summed E-state index contributed by atoms with van der Waals surface area (Å²) in [4.78, 5) is 10.9. The number of anilines is 3. The second kappa shape index (κ2) is 5.66. The van der Waals surface area contributed by atoms with Crippen LogP contribution in [-0.4, -0.2) is 31.6 Å². The fourth-order valence-electron chi connectivity index (χ4n) is 1.46. The third-order valence-corrected chi connectivity index (χ3v) is 5.50. The largest absolute Gasteiger partial charge is 0.399 e. The Kier molecular flexibility index (Phi) is 4.09. The minimum absolute atomic E-state index is 0.131. The lowest BCUT2D eigenvalue weighted by Crippen LogP contribution is -2.26. The summed E-state index contributed by atoms with van der Waals surface area (Å²) >= 11 is 0.786. The molecule has 8 nitrogen and oxygen atoms in total. The van der Waals surface area contributed by atoms with Crippen LogP contribution in [-0.2, 0) is 14.8 Å². The number of hydrogen-bond acceptors (Lipinski definition) is 7. The number of benzene rings is 1. The van der Waals surface area contributed by atoms with E-state index in [1.807, 2.05) is 0 Å². The minimum atomic E-state index is -3.83. The lowest BCUT2D eigenvalue weighted by atomic mass is 10.3. The van der Waals surface area contributed by atoms with Gasteiger partial charge in [-0.05, 0) is 24.3 Å². The number of nitrogens with two attached hydrogens (primary N) is 1. The monoisotopic (exact) mass is 327 g/mol. The first kappa shape index (κ1) is 15.2. The summed E-state index contributed by atoms with van der Waals surface area (Å²) in [5.74, 6) is -0.345. The van der Waals surface area contributed by atoms with Gasteiger partial charge in [0, 0.05) is 19.7 Å². The molecule has 0 aliphatic carbocycles. The molecule has 2 rings (SSSR count). The summed E-state index contributed by atoms with van der Waals surface area (Å²) in [6.07, 6.45) is 0. The Bertz CT molecular complexity index is 754. The van der Waals surface area contributed by atoms with Gasteiger partial charge in [-0.1, -0.05) is 11.3 Å². The zero-order valence-corrected chi connectivity index (χ0v) is 12.9. The number of nitrogens with zero attached hydrogens (tertiary/aromatic N) is 3. The average molecular weight is 327 g/mol. The summed E-state index contributed by atoms with van der Waals surface area (Å²) in [6, 6.07) is 6.37. The number of carbonyl (C=O) groups is 1. The van der Waals surface area contributed by atoms with Gasteiger partial charge >= 0.3 is 0 Å². The van der Waals surface area contributed by atoms with E-state index in [0.29, 0.717) is 11.4 Å². The van der Waals surface area contributed by atoms with Crippen molar-refractivity contribution in [1.82, 2.24) is 10.2 Å². The molecule has 112 valence electrons. The van der Waals surface area contributed by atoms with E-state index in [-0.39, 0.29) is 15.4 Å². The molecule has 0 saturated carbocycles. The Labute approximate surface area is 125 Å². The van der Waals surface area contributed by atoms with Gasteiger partial charge in [-0.15, -0.1) is 10.2 Å². The fourth-order valence-corrected chi connectivity index (χ4v) is 3.75. The Hall–Kier alpha value is -2.20. The zero-order valence-electron chi connectivity index (χ0n) is 11.3. The van der Waals surface area contributed by atoms with E-state index < -0.39 is 10.0 Å². The van der Waals surface area contributed by atoms with Gasteiger partial charge in [0.15, 0.2) is 0 Å². The first-order valence-corrected chi connectivity index (χ1v) is 8.02. The summed E-state index contributed by atoms with van der Waals surface area (Å²) in [7, 11) is -2.43. The molecule has 1 aromatic carbocycles. The number of hydrogen-bond donors (Lipinski definition) is 2. The van der Waals surface area contributed by atoms with Gasteiger partial charge in [0.25, 0.3) is 14.4 Å². The van der Waals surface area contributed by atoms with Crippen LogP contribution in [0, 0.1) is 0 Å². The van der Waals surface area contributed by atoms with Crippen molar-refractivity contribution >= 4 is 43.8 Å². The number of rotatable bonds is 4. The van der Waals surface area contributed by atoms with Crippen LogP contribution in [0.3, 0.4) is 0 Å².